The van der Waals surface area contributed by atoms with Gasteiger partial charge in [0.1, 0.15) is 16.2 Å². The Labute approximate surface area is 236 Å². The molecule has 12 heteroatoms. The van der Waals surface area contributed by atoms with Gasteiger partial charge in [-0.05, 0) is 68.3 Å². The molecule has 1 aliphatic heterocycles. The lowest BCUT2D eigenvalue weighted by Crippen LogP contribution is -2.21. The second-order valence-corrected chi connectivity index (χ2v) is 13.7. The molecule has 9 nitrogen and oxygen atoms in total. The molecule has 1 saturated heterocycles. The Morgan fingerprint density at radius 2 is 1.57 bits per heavy atom. The number of fused-ring (bicyclic) bond motifs is 2. The SMILES string of the molecule is Cc1ccc(S(=O)(=O)c2c(NS(=O)(=O)c3ccc(Cl)cc3)n(CC3CCCO3)c3nc4ccccc4nc23)cc1. The summed E-state index contributed by atoms with van der Waals surface area (Å²) in [6.45, 7) is 2.61. The topological polar surface area (TPSA) is 120 Å². The highest BCUT2D eigenvalue weighted by Crippen LogP contribution is 2.39. The number of hydrogen-bond acceptors (Lipinski definition) is 7. The minimum atomic E-state index is -4.27. The molecule has 0 aliphatic carbocycles. The average molecular weight is 597 g/mol. The van der Waals surface area contributed by atoms with E-state index in [9.17, 15) is 16.8 Å². The first kappa shape index (κ1) is 26.7. The molecule has 0 spiro atoms. The van der Waals surface area contributed by atoms with Crippen molar-refractivity contribution in [2.24, 2.45) is 0 Å². The number of anilines is 1. The number of aromatic nitrogens is 3. The maximum absolute atomic E-state index is 14.3. The first-order valence-electron chi connectivity index (χ1n) is 12.6. The van der Waals surface area contributed by atoms with E-state index in [0.29, 0.717) is 22.7 Å². The molecule has 1 aliphatic rings. The molecule has 40 heavy (non-hydrogen) atoms. The zero-order valence-electron chi connectivity index (χ0n) is 21.4. The lowest BCUT2D eigenvalue weighted by atomic mass is 10.2. The predicted molar refractivity (Wildman–Crippen MR) is 153 cm³/mol. The standard InChI is InChI=1S/C28H25ClN4O5S2/c1-18-8-12-21(13-9-18)39(34,35)26-25-27(31-24-7-3-2-6-23(24)30-25)33(17-20-5-4-16-38-20)28(26)32-40(36,37)22-14-10-19(29)11-15-22/h2-3,6-15,20,32H,4-5,16-17H2,1H3. The van der Waals surface area contributed by atoms with Gasteiger partial charge in [-0.3, -0.25) is 4.72 Å². The van der Waals surface area contributed by atoms with Crippen LogP contribution in [0.15, 0.2) is 87.5 Å². The molecule has 0 radical (unpaired) electrons. The second-order valence-electron chi connectivity index (χ2n) is 9.68. The Balaban J connectivity index is 1.66. The van der Waals surface area contributed by atoms with Crippen LogP contribution in [0.1, 0.15) is 18.4 Å². The number of para-hydroxylation sites is 2. The Hall–Kier alpha value is -3.51. The third-order valence-corrected chi connectivity index (χ3v) is 10.3. The molecule has 0 amide bonds. The van der Waals surface area contributed by atoms with E-state index in [1.807, 2.05) is 13.0 Å². The molecule has 3 aromatic carbocycles. The van der Waals surface area contributed by atoms with Crippen LogP contribution in [0.5, 0.6) is 0 Å². The van der Waals surface area contributed by atoms with Gasteiger partial charge in [0.2, 0.25) is 9.84 Å². The lowest BCUT2D eigenvalue weighted by Gasteiger charge is -2.17. The minimum Gasteiger partial charge on any atom is -0.376 e. The number of ether oxygens (including phenoxy) is 1. The molecule has 6 rings (SSSR count). The monoisotopic (exact) mass is 596 g/mol. The number of benzene rings is 3. The lowest BCUT2D eigenvalue weighted by molar-refractivity contribution is 0.0983. The van der Waals surface area contributed by atoms with E-state index in [2.05, 4.69) is 4.72 Å². The fraction of sp³-hybridized carbons (Fsp3) is 0.214. The number of hydrogen-bond donors (Lipinski definition) is 1. The average Bonchev–Trinajstić information content (AvgIpc) is 3.54. The third kappa shape index (κ3) is 4.83. The second kappa shape index (κ2) is 10.2. The van der Waals surface area contributed by atoms with Crippen molar-refractivity contribution in [3.63, 3.8) is 0 Å². The molecular formula is C28H25ClN4O5S2. The highest BCUT2D eigenvalue weighted by atomic mass is 35.5. The summed E-state index contributed by atoms with van der Waals surface area (Å²) in [6.07, 6.45) is 1.33. The highest BCUT2D eigenvalue weighted by Gasteiger charge is 2.35. The number of rotatable bonds is 7. The zero-order chi connectivity index (χ0) is 28.1. The van der Waals surface area contributed by atoms with Crippen LogP contribution in [0, 0.1) is 6.92 Å². The number of nitrogens with zero attached hydrogens (tertiary/aromatic N) is 3. The van der Waals surface area contributed by atoms with Gasteiger partial charge in [-0.2, -0.15) is 0 Å². The van der Waals surface area contributed by atoms with Gasteiger partial charge in [-0.1, -0.05) is 41.4 Å². The summed E-state index contributed by atoms with van der Waals surface area (Å²) in [7, 11) is -8.51. The van der Waals surface area contributed by atoms with Gasteiger partial charge in [0, 0.05) is 11.6 Å². The van der Waals surface area contributed by atoms with E-state index in [1.165, 1.54) is 36.4 Å². The van der Waals surface area contributed by atoms with Crippen LogP contribution in [-0.4, -0.2) is 44.1 Å². The van der Waals surface area contributed by atoms with Crippen molar-refractivity contribution in [3.8, 4) is 0 Å². The van der Waals surface area contributed by atoms with E-state index >= 15 is 0 Å². The summed E-state index contributed by atoms with van der Waals surface area (Å²) in [5.41, 5.74) is 2.23. The molecule has 2 aromatic heterocycles. The van der Waals surface area contributed by atoms with Crippen molar-refractivity contribution >= 4 is 59.5 Å². The largest absolute Gasteiger partial charge is 0.376 e. The Morgan fingerprint density at radius 1 is 0.925 bits per heavy atom. The van der Waals surface area contributed by atoms with Crippen LogP contribution in [0.4, 0.5) is 5.82 Å². The first-order valence-corrected chi connectivity index (χ1v) is 16.0. The van der Waals surface area contributed by atoms with Crippen LogP contribution in [0.2, 0.25) is 5.02 Å². The molecule has 1 unspecified atom stereocenters. The van der Waals surface area contributed by atoms with Gasteiger partial charge in [0.05, 0.1) is 33.5 Å². The molecule has 1 fully saturated rings. The van der Waals surface area contributed by atoms with Crippen LogP contribution in [0.3, 0.4) is 0 Å². The summed E-state index contributed by atoms with van der Waals surface area (Å²) < 4.78 is 65.8. The summed E-state index contributed by atoms with van der Waals surface area (Å²) in [5, 5.41) is 0.370. The van der Waals surface area contributed by atoms with E-state index in [4.69, 9.17) is 26.3 Å². The quantitative estimate of drug-likeness (QED) is 0.268. The van der Waals surface area contributed by atoms with Crippen molar-refractivity contribution in [3.05, 3.63) is 83.4 Å². The van der Waals surface area contributed by atoms with Gasteiger partial charge in [-0.15, -0.1) is 0 Å². The molecule has 5 aromatic rings. The van der Waals surface area contributed by atoms with Crippen LogP contribution >= 0.6 is 11.6 Å². The fourth-order valence-electron chi connectivity index (χ4n) is 4.83. The smallest absolute Gasteiger partial charge is 0.263 e. The summed E-state index contributed by atoms with van der Waals surface area (Å²) in [5.74, 6) is -0.142. The Kier molecular flexibility index (Phi) is 6.78. The number of aryl methyl sites for hydroxylation is 1. The predicted octanol–water partition coefficient (Wildman–Crippen LogP) is 5.36. The fourth-order valence-corrected chi connectivity index (χ4v) is 7.64. The summed E-state index contributed by atoms with van der Waals surface area (Å²) >= 11 is 5.98. The molecule has 3 heterocycles. The Morgan fingerprint density at radius 3 is 2.23 bits per heavy atom. The van der Waals surface area contributed by atoms with Gasteiger partial charge < -0.3 is 9.30 Å². The normalized spacial score (nSPS) is 16.1. The van der Waals surface area contributed by atoms with Gasteiger partial charge in [0.25, 0.3) is 10.0 Å². The number of sulfone groups is 1. The van der Waals surface area contributed by atoms with E-state index in [0.717, 1.165) is 18.4 Å². The van der Waals surface area contributed by atoms with Crippen molar-refractivity contribution in [2.75, 3.05) is 11.3 Å². The van der Waals surface area contributed by atoms with Gasteiger partial charge in [-0.25, -0.2) is 26.8 Å². The van der Waals surface area contributed by atoms with E-state index in [-0.39, 0.29) is 44.3 Å². The molecule has 0 saturated carbocycles. The molecule has 0 bridgehead atoms. The molecule has 1 atom stereocenters. The number of halogens is 1. The maximum Gasteiger partial charge on any atom is 0.263 e. The maximum atomic E-state index is 14.3. The molecule has 1 N–H and O–H groups in total. The van der Waals surface area contributed by atoms with E-state index < -0.39 is 19.9 Å². The van der Waals surface area contributed by atoms with E-state index in [1.54, 1.807) is 34.9 Å². The number of nitrogens with one attached hydrogen (secondary N) is 1. The van der Waals surface area contributed by atoms with Crippen LogP contribution in [0.25, 0.3) is 22.2 Å². The van der Waals surface area contributed by atoms with Gasteiger partial charge >= 0.3 is 0 Å². The van der Waals surface area contributed by atoms with Crippen LogP contribution in [-0.2, 0) is 31.1 Å². The number of sulfonamides is 1. The first-order chi connectivity index (χ1) is 19.1. The molecule has 206 valence electrons. The Bertz CT molecular complexity index is 1950. The summed E-state index contributed by atoms with van der Waals surface area (Å²) in [6, 6.07) is 19.1. The third-order valence-electron chi connectivity index (χ3n) is 6.87. The van der Waals surface area contributed by atoms with Crippen LogP contribution < -0.4 is 4.72 Å². The van der Waals surface area contributed by atoms with Crippen molar-refractivity contribution in [1.82, 2.24) is 14.5 Å². The van der Waals surface area contributed by atoms with Gasteiger partial charge in [0.15, 0.2) is 5.65 Å². The van der Waals surface area contributed by atoms with Crippen molar-refractivity contribution in [2.45, 2.75) is 47.1 Å². The molecular weight excluding hydrogens is 572 g/mol. The summed E-state index contributed by atoms with van der Waals surface area (Å²) in [4.78, 5) is 9.14. The minimum absolute atomic E-state index is 0.0103. The van der Waals surface area contributed by atoms with Crippen molar-refractivity contribution in [1.29, 1.82) is 0 Å². The zero-order valence-corrected chi connectivity index (χ0v) is 23.8. The van der Waals surface area contributed by atoms with Crippen molar-refractivity contribution < 1.29 is 21.6 Å². The highest BCUT2D eigenvalue weighted by molar-refractivity contribution is 7.93.